The lowest BCUT2D eigenvalue weighted by Crippen LogP contribution is -2.17. The summed E-state index contributed by atoms with van der Waals surface area (Å²) >= 11 is 0. The van der Waals surface area contributed by atoms with E-state index in [0.717, 1.165) is 23.5 Å². The quantitative estimate of drug-likeness (QED) is 0.649. The standard InChI is InChI=1S/C24H33N3O/c1-4-5-6-7-10-17-11-8-12-19-18(17)15-21(25-19)24-23(28-3)16-20(26-24)22-13-9-14-27(22)2/h9,13-17,23,26H,4-8,10-12H2,1-3H3. The smallest absolute Gasteiger partial charge is 0.120 e. The molecular formula is C24H33N3O. The van der Waals surface area contributed by atoms with Gasteiger partial charge in [0, 0.05) is 26.1 Å². The minimum Gasteiger partial charge on any atom is -0.371 e. The highest BCUT2D eigenvalue weighted by molar-refractivity contribution is 6.04. The molecule has 0 radical (unpaired) electrons. The largest absolute Gasteiger partial charge is 0.371 e. The number of aliphatic imine (C=N–C) groups is 1. The molecule has 0 spiro atoms. The SMILES string of the molecule is CCCCCCC1CCCC2=NC(=C3NC(c4cccn4C)=CC3OC)C=C21. The molecule has 1 aromatic rings. The molecule has 3 aliphatic rings. The molecule has 4 nitrogen and oxygen atoms in total. The fourth-order valence-corrected chi connectivity index (χ4v) is 4.73. The Balaban J connectivity index is 1.55. The van der Waals surface area contributed by atoms with Gasteiger partial charge in [-0.05, 0) is 61.5 Å². The van der Waals surface area contributed by atoms with Gasteiger partial charge in [0.25, 0.3) is 0 Å². The van der Waals surface area contributed by atoms with Gasteiger partial charge in [0.05, 0.1) is 22.8 Å². The van der Waals surface area contributed by atoms with E-state index >= 15 is 0 Å². The van der Waals surface area contributed by atoms with Gasteiger partial charge >= 0.3 is 0 Å². The van der Waals surface area contributed by atoms with Crippen molar-refractivity contribution in [2.45, 2.75) is 64.4 Å². The second kappa shape index (κ2) is 8.52. The highest BCUT2D eigenvalue weighted by Gasteiger charge is 2.31. The fourth-order valence-electron chi connectivity index (χ4n) is 4.73. The van der Waals surface area contributed by atoms with Gasteiger partial charge in [-0.2, -0.15) is 0 Å². The lowest BCUT2D eigenvalue weighted by molar-refractivity contribution is 0.169. The van der Waals surface area contributed by atoms with Crippen LogP contribution in [0.25, 0.3) is 5.70 Å². The third kappa shape index (κ3) is 3.75. The lowest BCUT2D eigenvalue weighted by atomic mass is 9.80. The number of aromatic nitrogens is 1. The fraction of sp³-hybridized carbons (Fsp3) is 0.542. The van der Waals surface area contributed by atoms with E-state index in [1.807, 2.05) is 0 Å². The number of ether oxygens (including phenoxy) is 1. The minimum absolute atomic E-state index is 0.0655. The summed E-state index contributed by atoms with van der Waals surface area (Å²) in [6.07, 6.45) is 16.9. The topological polar surface area (TPSA) is 38.5 Å². The molecule has 1 N–H and O–H groups in total. The van der Waals surface area contributed by atoms with E-state index < -0.39 is 0 Å². The van der Waals surface area contributed by atoms with Crippen LogP contribution in [-0.2, 0) is 11.8 Å². The van der Waals surface area contributed by atoms with Crippen molar-refractivity contribution < 1.29 is 4.74 Å². The van der Waals surface area contributed by atoms with Crippen LogP contribution in [0.1, 0.15) is 64.0 Å². The van der Waals surface area contributed by atoms with Crippen molar-refractivity contribution in [3.05, 3.63) is 53.1 Å². The first kappa shape index (κ1) is 19.3. The van der Waals surface area contributed by atoms with E-state index in [1.54, 1.807) is 7.11 Å². The average Bonchev–Trinajstić information content (AvgIpc) is 3.42. The monoisotopic (exact) mass is 379 g/mol. The molecule has 0 aromatic carbocycles. The highest BCUT2D eigenvalue weighted by atomic mass is 16.5. The van der Waals surface area contributed by atoms with Crippen molar-refractivity contribution in [3.8, 4) is 0 Å². The van der Waals surface area contributed by atoms with Crippen LogP contribution in [0.15, 0.2) is 52.4 Å². The number of fused-ring (bicyclic) bond motifs is 1. The van der Waals surface area contributed by atoms with Gasteiger partial charge in [-0.15, -0.1) is 0 Å². The van der Waals surface area contributed by atoms with Crippen LogP contribution in [0.3, 0.4) is 0 Å². The Kier molecular flexibility index (Phi) is 5.86. The molecule has 1 aliphatic carbocycles. The summed E-state index contributed by atoms with van der Waals surface area (Å²) in [6, 6.07) is 4.20. The van der Waals surface area contributed by atoms with Gasteiger partial charge in [0.15, 0.2) is 0 Å². The molecule has 0 saturated heterocycles. The minimum atomic E-state index is -0.0655. The van der Waals surface area contributed by atoms with Gasteiger partial charge in [-0.1, -0.05) is 32.6 Å². The van der Waals surface area contributed by atoms with E-state index in [2.05, 4.69) is 54.3 Å². The first-order valence-corrected chi connectivity index (χ1v) is 10.9. The second-order valence-corrected chi connectivity index (χ2v) is 8.26. The summed E-state index contributed by atoms with van der Waals surface area (Å²) in [5, 5.41) is 3.60. The Morgan fingerprint density at radius 1 is 1.29 bits per heavy atom. The first-order valence-electron chi connectivity index (χ1n) is 10.9. The van der Waals surface area contributed by atoms with Gasteiger partial charge in [0.2, 0.25) is 0 Å². The first-order chi connectivity index (χ1) is 13.7. The third-order valence-electron chi connectivity index (χ3n) is 6.31. The van der Waals surface area contributed by atoms with Crippen molar-refractivity contribution in [2.24, 2.45) is 18.0 Å². The van der Waals surface area contributed by atoms with Crippen LogP contribution < -0.4 is 5.32 Å². The number of rotatable bonds is 7. The summed E-state index contributed by atoms with van der Waals surface area (Å²) in [4.78, 5) is 5.04. The van der Waals surface area contributed by atoms with Gasteiger partial charge < -0.3 is 14.6 Å². The zero-order chi connectivity index (χ0) is 19.5. The van der Waals surface area contributed by atoms with Crippen molar-refractivity contribution in [1.29, 1.82) is 0 Å². The molecule has 3 heterocycles. The van der Waals surface area contributed by atoms with Crippen LogP contribution in [0.2, 0.25) is 0 Å². The van der Waals surface area contributed by atoms with Crippen LogP contribution in [0.5, 0.6) is 0 Å². The molecule has 0 amide bonds. The normalized spacial score (nSPS) is 26.6. The Hall–Kier alpha value is -2.07. The molecule has 2 atom stereocenters. The summed E-state index contributed by atoms with van der Waals surface area (Å²) in [6.45, 7) is 2.28. The summed E-state index contributed by atoms with van der Waals surface area (Å²) < 4.78 is 7.90. The number of nitrogens with zero attached hydrogens (tertiary/aromatic N) is 2. The van der Waals surface area contributed by atoms with Crippen LogP contribution in [-0.4, -0.2) is 23.5 Å². The zero-order valence-corrected chi connectivity index (χ0v) is 17.5. The summed E-state index contributed by atoms with van der Waals surface area (Å²) in [7, 11) is 3.84. The second-order valence-electron chi connectivity index (χ2n) is 8.26. The number of hydrogen-bond acceptors (Lipinski definition) is 3. The molecule has 4 heteroatoms. The van der Waals surface area contributed by atoms with Crippen molar-refractivity contribution in [1.82, 2.24) is 9.88 Å². The maximum atomic E-state index is 5.77. The molecule has 28 heavy (non-hydrogen) atoms. The molecular weight excluding hydrogens is 346 g/mol. The number of methoxy groups -OCH3 is 1. The van der Waals surface area contributed by atoms with E-state index in [9.17, 15) is 0 Å². The maximum absolute atomic E-state index is 5.77. The Morgan fingerprint density at radius 3 is 2.93 bits per heavy atom. The third-order valence-corrected chi connectivity index (χ3v) is 6.31. The van der Waals surface area contributed by atoms with Crippen LogP contribution in [0.4, 0.5) is 0 Å². The van der Waals surface area contributed by atoms with Crippen molar-refractivity contribution >= 4 is 11.4 Å². The number of nitrogens with one attached hydrogen (secondary N) is 1. The zero-order valence-electron chi connectivity index (χ0n) is 17.5. The average molecular weight is 380 g/mol. The number of hydrogen-bond donors (Lipinski definition) is 1. The molecule has 2 unspecified atom stereocenters. The lowest BCUT2D eigenvalue weighted by Gasteiger charge is -2.24. The highest BCUT2D eigenvalue weighted by Crippen LogP contribution is 2.38. The maximum Gasteiger partial charge on any atom is 0.120 e. The van der Waals surface area contributed by atoms with Crippen molar-refractivity contribution in [2.75, 3.05) is 7.11 Å². The summed E-state index contributed by atoms with van der Waals surface area (Å²) in [5.41, 5.74) is 7.23. The molecule has 0 bridgehead atoms. The van der Waals surface area contributed by atoms with E-state index in [0.29, 0.717) is 5.92 Å². The van der Waals surface area contributed by atoms with Gasteiger partial charge in [-0.3, -0.25) is 4.99 Å². The predicted molar refractivity (Wildman–Crippen MR) is 116 cm³/mol. The molecule has 1 aromatic heterocycles. The number of unbranched alkanes of at least 4 members (excludes halogenated alkanes) is 3. The van der Waals surface area contributed by atoms with Gasteiger partial charge in [0.1, 0.15) is 6.10 Å². The summed E-state index contributed by atoms with van der Waals surface area (Å²) in [5.74, 6) is 0.685. The van der Waals surface area contributed by atoms with Crippen molar-refractivity contribution in [3.63, 3.8) is 0 Å². The number of aryl methyl sites for hydroxylation is 1. The van der Waals surface area contributed by atoms with E-state index in [4.69, 9.17) is 9.73 Å². The molecule has 4 rings (SSSR count). The molecule has 1 saturated carbocycles. The van der Waals surface area contributed by atoms with Crippen LogP contribution in [0, 0.1) is 5.92 Å². The van der Waals surface area contributed by atoms with E-state index in [1.165, 1.54) is 61.9 Å². The van der Waals surface area contributed by atoms with Gasteiger partial charge in [-0.25, -0.2) is 0 Å². The Morgan fingerprint density at radius 2 is 2.18 bits per heavy atom. The van der Waals surface area contributed by atoms with E-state index in [-0.39, 0.29) is 6.10 Å². The molecule has 150 valence electrons. The van der Waals surface area contributed by atoms with Crippen LogP contribution >= 0.6 is 0 Å². The Bertz CT molecular complexity index is 840. The molecule has 2 aliphatic heterocycles. The number of allylic oxidation sites excluding steroid dienone is 2. The Labute approximate surface area is 169 Å². The molecule has 1 fully saturated rings. The predicted octanol–water partition coefficient (Wildman–Crippen LogP) is 5.35.